The Morgan fingerprint density at radius 3 is 2.73 bits per heavy atom. The Labute approximate surface area is 64.5 Å². The SMILES string of the molecule is CCCC(=O)OC(=O)C1CO1. The first-order valence-electron chi connectivity index (χ1n) is 3.60. The molecule has 0 amide bonds. The van der Waals surface area contributed by atoms with E-state index in [1.165, 1.54) is 0 Å². The molecule has 0 aliphatic carbocycles. The van der Waals surface area contributed by atoms with Crippen molar-refractivity contribution in [2.45, 2.75) is 25.9 Å². The summed E-state index contributed by atoms with van der Waals surface area (Å²) in [5, 5.41) is 0. The van der Waals surface area contributed by atoms with Crippen molar-refractivity contribution in [2.24, 2.45) is 0 Å². The van der Waals surface area contributed by atoms with Crippen molar-refractivity contribution in [3.63, 3.8) is 0 Å². The van der Waals surface area contributed by atoms with Crippen LogP contribution in [0.3, 0.4) is 0 Å². The summed E-state index contributed by atoms with van der Waals surface area (Å²) < 4.78 is 9.03. The summed E-state index contributed by atoms with van der Waals surface area (Å²) in [5.74, 6) is -1.02. The fourth-order valence-corrected chi connectivity index (χ4v) is 0.617. The highest BCUT2D eigenvalue weighted by molar-refractivity contribution is 5.88. The molecule has 0 spiro atoms. The molecule has 1 atom stereocenters. The van der Waals surface area contributed by atoms with Crippen LogP contribution in [0, 0.1) is 0 Å². The van der Waals surface area contributed by atoms with Gasteiger partial charge in [-0.3, -0.25) is 4.79 Å². The maximum absolute atomic E-state index is 10.7. The highest BCUT2D eigenvalue weighted by Crippen LogP contribution is 2.10. The third-order valence-corrected chi connectivity index (χ3v) is 1.26. The fraction of sp³-hybridized carbons (Fsp3) is 0.714. The van der Waals surface area contributed by atoms with Crippen molar-refractivity contribution in [1.29, 1.82) is 0 Å². The number of rotatable bonds is 3. The molecule has 0 saturated carbocycles. The maximum Gasteiger partial charge on any atom is 0.345 e. The third kappa shape index (κ3) is 2.67. The van der Waals surface area contributed by atoms with E-state index in [2.05, 4.69) is 9.47 Å². The molecule has 4 heteroatoms. The third-order valence-electron chi connectivity index (χ3n) is 1.26. The molecule has 1 aliphatic heterocycles. The molecule has 1 unspecified atom stereocenters. The first-order valence-corrected chi connectivity index (χ1v) is 3.60. The molecule has 0 aromatic rings. The van der Waals surface area contributed by atoms with Gasteiger partial charge in [0.05, 0.1) is 6.61 Å². The minimum Gasteiger partial charge on any atom is -0.391 e. The van der Waals surface area contributed by atoms with Crippen LogP contribution >= 0.6 is 0 Å². The first-order chi connectivity index (χ1) is 5.24. The van der Waals surface area contributed by atoms with E-state index in [0.29, 0.717) is 19.4 Å². The Hall–Kier alpha value is -0.900. The average Bonchev–Trinajstić information content (AvgIpc) is 2.67. The molecule has 1 saturated heterocycles. The summed E-state index contributed by atoms with van der Waals surface area (Å²) in [6, 6.07) is 0. The average molecular weight is 158 g/mol. The predicted octanol–water partition coefficient (Wildman–Crippen LogP) is 0.255. The van der Waals surface area contributed by atoms with E-state index >= 15 is 0 Å². The minimum atomic E-state index is -0.552. The van der Waals surface area contributed by atoms with Crippen LogP contribution in [0.15, 0.2) is 0 Å². The van der Waals surface area contributed by atoms with Crippen molar-refractivity contribution in [2.75, 3.05) is 6.61 Å². The monoisotopic (exact) mass is 158 g/mol. The van der Waals surface area contributed by atoms with Crippen LogP contribution in [0.5, 0.6) is 0 Å². The van der Waals surface area contributed by atoms with Crippen molar-refractivity contribution < 1.29 is 19.1 Å². The smallest absolute Gasteiger partial charge is 0.345 e. The molecule has 1 heterocycles. The summed E-state index contributed by atoms with van der Waals surface area (Å²) in [6.07, 6.45) is 0.506. The number of hydrogen-bond donors (Lipinski definition) is 0. The van der Waals surface area contributed by atoms with Crippen molar-refractivity contribution in [1.82, 2.24) is 0 Å². The second-order valence-electron chi connectivity index (χ2n) is 2.37. The summed E-state index contributed by atoms with van der Waals surface area (Å²) >= 11 is 0. The van der Waals surface area contributed by atoms with Crippen molar-refractivity contribution in [3.8, 4) is 0 Å². The zero-order chi connectivity index (χ0) is 8.27. The van der Waals surface area contributed by atoms with Crippen LogP contribution < -0.4 is 0 Å². The van der Waals surface area contributed by atoms with Gasteiger partial charge in [0.2, 0.25) is 0 Å². The van der Waals surface area contributed by atoms with E-state index in [0.717, 1.165) is 0 Å². The molecule has 4 nitrogen and oxygen atoms in total. The van der Waals surface area contributed by atoms with Gasteiger partial charge in [-0.2, -0.15) is 0 Å². The molecule has 0 aromatic carbocycles. The van der Waals surface area contributed by atoms with Crippen LogP contribution in [0.1, 0.15) is 19.8 Å². The molecule has 1 aliphatic rings. The molecule has 1 fully saturated rings. The molecule has 0 radical (unpaired) electrons. The molecule has 11 heavy (non-hydrogen) atoms. The fourth-order valence-electron chi connectivity index (χ4n) is 0.617. The Morgan fingerprint density at radius 2 is 2.27 bits per heavy atom. The summed E-state index contributed by atoms with van der Waals surface area (Å²) in [5.41, 5.74) is 0. The Bertz CT molecular complexity index is 171. The maximum atomic E-state index is 10.7. The van der Waals surface area contributed by atoms with Crippen LogP contribution in [0.25, 0.3) is 0 Å². The van der Waals surface area contributed by atoms with Crippen LogP contribution in [-0.4, -0.2) is 24.6 Å². The number of ether oxygens (including phenoxy) is 2. The van der Waals surface area contributed by atoms with Gasteiger partial charge in [0, 0.05) is 6.42 Å². The number of carbonyl (C=O) groups is 2. The Morgan fingerprint density at radius 1 is 1.64 bits per heavy atom. The zero-order valence-corrected chi connectivity index (χ0v) is 6.33. The molecular formula is C7H10O4. The van der Waals surface area contributed by atoms with E-state index in [1.807, 2.05) is 6.92 Å². The van der Waals surface area contributed by atoms with Crippen molar-refractivity contribution in [3.05, 3.63) is 0 Å². The van der Waals surface area contributed by atoms with Crippen LogP contribution in [0.2, 0.25) is 0 Å². The minimum absolute atomic E-state index is 0.290. The molecule has 0 aromatic heterocycles. The van der Waals surface area contributed by atoms with Crippen molar-refractivity contribution >= 4 is 11.9 Å². The van der Waals surface area contributed by atoms with Gasteiger partial charge in [-0.1, -0.05) is 6.92 Å². The molecular weight excluding hydrogens is 148 g/mol. The van der Waals surface area contributed by atoms with E-state index in [-0.39, 0.29) is 0 Å². The van der Waals surface area contributed by atoms with Crippen LogP contribution in [0.4, 0.5) is 0 Å². The molecule has 62 valence electrons. The normalized spacial score (nSPS) is 21.0. The standard InChI is InChI=1S/C7H10O4/c1-2-3-6(8)11-7(9)5-4-10-5/h5H,2-4H2,1H3. The number of hydrogen-bond acceptors (Lipinski definition) is 4. The lowest BCUT2D eigenvalue weighted by atomic mass is 10.3. The second-order valence-corrected chi connectivity index (χ2v) is 2.37. The lowest BCUT2D eigenvalue weighted by molar-refractivity contribution is -0.160. The predicted molar refractivity (Wildman–Crippen MR) is 35.7 cm³/mol. The van der Waals surface area contributed by atoms with Gasteiger partial charge in [-0.15, -0.1) is 0 Å². The van der Waals surface area contributed by atoms with Gasteiger partial charge in [0.1, 0.15) is 0 Å². The zero-order valence-electron chi connectivity index (χ0n) is 6.33. The van der Waals surface area contributed by atoms with E-state index < -0.39 is 18.0 Å². The largest absolute Gasteiger partial charge is 0.391 e. The number of esters is 2. The van der Waals surface area contributed by atoms with E-state index in [4.69, 9.17) is 0 Å². The van der Waals surface area contributed by atoms with Gasteiger partial charge < -0.3 is 9.47 Å². The van der Waals surface area contributed by atoms with Gasteiger partial charge in [0.15, 0.2) is 6.10 Å². The second kappa shape index (κ2) is 3.48. The quantitative estimate of drug-likeness (QED) is 0.335. The summed E-state index contributed by atoms with van der Waals surface area (Å²) in [6.45, 7) is 2.23. The van der Waals surface area contributed by atoms with E-state index in [9.17, 15) is 9.59 Å². The molecule has 0 bridgehead atoms. The summed E-state index contributed by atoms with van der Waals surface area (Å²) in [7, 11) is 0. The highest BCUT2D eigenvalue weighted by Gasteiger charge is 2.34. The van der Waals surface area contributed by atoms with Gasteiger partial charge >= 0.3 is 11.9 Å². The lowest BCUT2D eigenvalue weighted by Gasteiger charge is -1.97. The highest BCUT2D eigenvalue weighted by atomic mass is 16.6. The topological polar surface area (TPSA) is 55.9 Å². The van der Waals surface area contributed by atoms with Gasteiger partial charge in [-0.05, 0) is 6.42 Å². The number of epoxide rings is 1. The number of carbonyl (C=O) groups excluding carboxylic acids is 2. The van der Waals surface area contributed by atoms with Crippen LogP contribution in [-0.2, 0) is 19.1 Å². The molecule has 0 N–H and O–H groups in total. The van der Waals surface area contributed by atoms with Gasteiger partial charge in [-0.25, -0.2) is 4.79 Å². The van der Waals surface area contributed by atoms with Gasteiger partial charge in [0.25, 0.3) is 0 Å². The Kier molecular flexibility index (Phi) is 2.59. The summed E-state index contributed by atoms with van der Waals surface area (Å²) in [4.78, 5) is 21.4. The first kappa shape index (κ1) is 8.20. The molecule has 1 rings (SSSR count). The van der Waals surface area contributed by atoms with E-state index in [1.54, 1.807) is 0 Å². The lowest BCUT2D eigenvalue weighted by Crippen LogP contribution is -2.16. The Balaban J connectivity index is 2.17.